The summed E-state index contributed by atoms with van der Waals surface area (Å²) in [4.78, 5) is 0. The maximum atomic E-state index is 13.3. The van der Waals surface area contributed by atoms with Gasteiger partial charge in [-0.2, -0.15) is 0 Å². The Kier molecular flexibility index (Phi) is 3.33. The summed E-state index contributed by atoms with van der Waals surface area (Å²) in [6.45, 7) is 1.86. The van der Waals surface area contributed by atoms with Crippen LogP contribution in [0.5, 0.6) is 0 Å². The van der Waals surface area contributed by atoms with E-state index in [4.69, 9.17) is 5.73 Å². The molecule has 0 spiro atoms. The molecule has 88 valence electrons. The van der Waals surface area contributed by atoms with Crippen molar-refractivity contribution in [1.82, 2.24) is 0 Å². The molecule has 2 aromatic rings. The van der Waals surface area contributed by atoms with Crippen LogP contribution in [0.3, 0.4) is 0 Å². The lowest BCUT2D eigenvalue weighted by molar-refractivity contribution is 0.620. The van der Waals surface area contributed by atoms with Gasteiger partial charge in [-0.1, -0.05) is 0 Å². The van der Waals surface area contributed by atoms with Crippen molar-refractivity contribution < 1.29 is 4.39 Å². The molecule has 2 nitrogen and oxygen atoms in total. The topological polar surface area (TPSA) is 38.0 Å². The normalized spacial score (nSPS) is 10.3. The highest BCUT2D eigenvalue weighted by Gasteiger charge is 2.05. The maximum absolute atomic E-state index is 13.3. The number of anilines is 3. The Morgan fingerprint density at radius 1 is 1.18 bits per heavy atom. The molecule has 0 amide bonds. The summed E-state index contributed by atoms with van der Waals surface area (Å²) in [5.41, 5.74) is 8.96. The quantitative estimate of drug-likeness (QED) is 0.814. The fraction of sp³-hybridized carbons (Fsp3) is 0.0769. The molecule has 0 unspecified atom stereocenters. The van der Waals surface area contributed by atoms with Gasteiger partial charge in [-0.25, -0.2) is 4.39 Å². The van der Waals surface area contributed by atoms with Crippen LogP contribution in [0.15, 0.2) is 40.9 Å². The average Bonchev–Trinajstić information content (AvgIpc) is 2.29. The van der Waals surface area contributed by atoms with E-state index in [-0.39, 0.29) is 5.82 Å². The Morgan fingerprint density at radius 3 is 2.47 bits per heavy atom. The van der Waals surface area contributed by atoms with Gasteiger partial charge in [0, 0.05) is 17.1 Å². The second kappa shape index (κ2) is 4.75. The molecule has 4 heteroatoms. The van der Waals surface area contributed by atoms with Gasteiger partial charge in [0.1, 0.15) is 5.82 Å². The van der Waals surface area contributed by atoms with E-state index in [1.165, 1.54) is 6.07 Å². The molecule has 0 aliphatic rings. The summed E-state index contributed by atoms with van der Waals surface area (Å²) < 4.78 is 13.7. The fourth-order valence-electron chi connectivity index (χ4n) is 1.50. The van der Waals surface area contributed by atoms with E-state index in [0.29, 0.717) is 10.2 Å². The van der Waals surface area contributed by atoms with E-state index < -0.39 is 0 Å². The molecule has 0 aliphatic heterocycles. The van der Waals surface area contributed by atoms with Crippen molar-refractivity contribution in [1.29, 1.82) is 0 Å². The van der Waals surface area contributed by atoms with Gasteiger partial charge < -0.3 is 11.1 Å². The van der Waals surface area contributed by atoms with Crippen LogP contribution in [0.2, 0.25) is 0 Å². The van der Waals surface area contributed by atoms with Crippen molar-refractivity contribution in [3.05, 3.63) is 52.3 Å². The minimum atomic E-state index is -0.259. The van der Waals surface area contributed by atoms with Gasteiger partial charge in [0.15, 0.2) is 0 Å². The van der Waals surface area contributed by atoms with Gasteiger partial charge in [-0.15, -0.1) is 0 Å². The van der Waals surface area contributed by atoms with E-state index in [1.54, 1.807) is 6.07 Å². The Hall–Kier alpha value is -1.55. The summed E-state index contributed by atoms with van der Waals surface area (Å²) in [5, 5.41) is 3.22. The Labute approximate surface area is 108 Å². The molecule has 0 saturated carbocycles. The van der Waals surface area contributed by atoms with Crippen LogP contribution in [0.25, 0.3) is 0 Å². The highest BCUT2D eigenvalue weighted by Crippen LogP contribution is 2.27. The number of benzene rings is 2. The molecule has 3 N–H and O–H groups in total. The second-order valence-corrected chi connectivity index (χ2v) is 4.68. The van der Waals surface area contributed by atoms with Crippen molar-refractivity contribution in [2.24, 2.45) is 0 Å². The van der Waals surface area contributed by atoms with Crippen LogP contribution in [0, 0.1) is 12.7 Å². The highest BCUT2D eigenvalue weighted by atomic mass is 79.9. The minimum Gasteiger partial charge on any atom is -0.399 e. The van der Waals surface area contributed by atoms with Gasteiger partial charge in [-0.3, -0.25) is 0 Å². The minimum absolute atomic E-state index is 0.259. The van der Waals surface area contributed by atoms with Gasteiger partial charge in [0.25, 0.3) is 0 Å². The van der Waals surface area contributed by atoms with Crippen molar-refractivity contribution in [2.45, 2.75) is 6.92 Å². The molecule has 2 aromatic carbocycles. The molecule has 0 atom stereocenters. The number of halogens is 2. The number of hydrogen-bond acceptors (Lipinski definition) is 2. The van der Waals surface area contributed by atoms with Crippen LogP contribution in [-0.2, 0) is 0 Å². The predicted molar refractivity (Wildman–Crippen MR) is 73.0 cm³/mol. The number of aryl methyl sites for hydroxylation is 1. The van der Waals surface area contributed by atoms with Crippen molar-refractivity contribution >= 4 is 33.0 Å². The van der Waals surface area contributed by atoms with E-state index in [2.05, 4.69) is 21.2 Å². The summed E-state index contributed by atoms with van der Waals surface area (Å²) in [6, 6.07) is 10.6. The number of hydrogen-bond donors (Lipinski definition) is 2. The molecular weight excluding hydrogens is 283 g/mol. The zero-order chi connectivity index (χ0) is 12.4. The molecule has 0 saturated heterocycles. The van der Waals surface area contributed by atoms with Crippen LogP contribution in [-0.4, -0.2) is 0 Å². The molecular formula is C13H12BrFN2. The van der Waals surface area contributed by atoms with E-state index >= 15 is 0 Å². The van der Waals surface area contributed by atoms with Gasteiger partial charge >= 0.3 is 0 Å². The lowest BCUT2D eigenvalue weighted by Crippen LogP contribution is -1.95. The van der Waals surface area contributed by atoms with Crippen LogP contribution in [0.4, 0.5) is 21.5 Å². The lowest BCUT2D eigenvalue weighted by Gasteiger charge is -2.10. The third-order valence-electron chi connectivity index (χ3n) is 2.46. The fourth-order valence-corrected chi connectivity index (χ4v) is 1.85. The smallest absolute Gasteiger partial charge is 0.137 e. The van der Waals surface area contributed by atoms with Crippen LogP contribution in [0.1, 0.15) is 5.56 Å². The first-order chi connectivity index (χ1) is 8.06. The molecule has 0 bridgehead atoms. The highest BCUT2D eigenvalue weighted by molar-refractivity contribution is 9.10. The van der Waals surface area contributed by atoms with Gasteiger partial charge in [0.05, 0.1) is 4.47 Å². The number of rotatable bonds is 2. The molecule has 0 aliphatic carbocycles. The van der Waals surface area contributed by atoms with Gasteiger partial charge in [-0.05, 0) is 64.8 Å². The third-order valence-corrected chi connectivity index (χ3v) is 3.06. The maximum Gasteiger partial charge on any atom is 0.137 e. The van der Waals surface area contributed by atoms with Crippen molar-refractivity contribution in [2.75, 3.05) is 11.1 Å². The summed E-state index contributed by atoms with van der Waals surface area (Å²) in [6.07, 6.45) is 0. The lowest BCUT2D eigenvalue weighted by atomic mass is 10.2. The summed E-state index contributed by atoms with van der Waals surface area (Å²) in [5.74, 6) is -0.259. The summed E-state index contributed by atoms with van der Waals surface area (Å²) in [7, 11) is 0. The Bertz CT molecular complexity index is 538. The third kappa shape index (κ3) is 2.77. The second-order valence-electron chi connectivity index (χ2n) is 3.83. The van der Waals surface area contributed by atoms with Crippen LogP contribution < -0.4 is 11.1 Å². The van der Waals surface area contributed by atoms with Crippen molar-refractivity contribution in [3.8, 4) is 0 Å². The standard InChI is InChI=1S/C13H12BrFN2/c1-8-6-12(15)11(14)7-13(8)17-10-4-2-9(16)3-5-10/h2-7,17H,16H2,1H3. The zero-order valence-corrected chi connectivity index (χ0v) is 10.9. The molecule has 0 fully saturated rings. The number of nitrogens with two attached hydrogens (primary N) is 1. The number of nitrogens with one attached hydrogen (secondary N) is 1. The molecule has 0 aromatic heterocycles. The van der Waals surface area contributed by atoms with Gasteiger partial charge in [0.2, 0.25) is 0 Å². The molecule has 0 radical (unpaired) electrons. The molecule has 2 rings (SSSR count). The zero-order valence-electron chi connectivity index (χ0n) is 9.30. The molecule has 17 heavy (non-hydrogen) atoms. The Balaban J connectivity index is 2.30. The first-order valence-corrected chi connectivity index (χ1v) is 5.94. The van der Waals surface area contributed by atoms with Crippen molar-refractivity contribution in [3.63, 3.8) is 0 Å². The first kappa shape index (κ1) is 11.9. The van der Waals surface area contributed by atoms with Crippen LogP contribution >= 0.6 is 15.9 Å². The Morgan fingerprint density at radius 2 is 1.82 bits per heavy atom. The SMILES string of the molecule is Cc1cc(F)c(Br)cc1Nc1ccc(N)cc1. The van der Waals surface area contributed by atoms with E-state index in [9.17, 15) is 4.39 Å². The van der Waals surface area contributed by atoms with E-state index in [1.807, 2.05) is 31.2 Å². The molecule has 0 heterocycles. The van der Waals surface area contributed by atoms with E-state index in [0.717, 1.165) is 16.9 Å². The monoisotopic (exact) mass is 294 g/mol. The predicted octanol–water partition coefficient (Wildman–Crippen LogP) is 4.22. The first-order valence-electron chi connectivity index (χ1n) is 5.14. The number of nitrogen functional groups attached to an aromatic ring is 1. The largest absolute Gasteiger partial charge is 0.399 e. The summed E-state index contributed by atoms with van der Waals surface area (Å²) >= 11 is 3.17. The average molecular weight is 295 g/mol.